The maximum Gasteiger partial charge on any atom is 0.246 e. The second-order valence-corrected chi connectivity index (χ2v) is 5.84. The molecule has 0 radical (unpaired) electrons. The fourth-order valence-corrected chi connectivity index (χ4v) is 2.77. The summed E-state index contributed by atoms with van der Waals surface area (Å²) in [5.41, 5.74) is 3.05. The van der Waals surface area contributed by atoms with Gasteiger partial charge in [0.2, 0.25) is 5.91 Å². The predicted octanol–water partition coefficient (Wildman–Crippen LogP) is 2.80. The van der Waals surface area contributed by atoms with Crippen molar-refractivity contribution in [3.63, 3.8) is 0 Å². The number of hydrogen-bond donors (Lipinski definition) is 1. The summed E-state index contributed by atoms with van der Waals surface area (Å²) in [4.78, 5) is 14.3. The van der Waals surface area contributed by atoms with Crippen LogP contribution in [-0.2, 0) is 4.79 Å². The lowest BCUT2D eigenvalue weighted by atomic mass is 10.1. The molecule has 0 bridgehead atoms. The van der Waals surface area contributed by atoms with Crippen molar-refractivity contribution in [2.75, 3.05) is 18.4 Å². The molecule has 1 amide bonds. The summed E-state index contributed by atoms with van der Waals surface area (Å²) in [5, 5.41) is 12.3. The number of aryl methyl sites for hydroxylation is 2. The molecule has 5 heteroatoms. The van der Waals surface area contributed by atoms with Gasteiger partial charge in [0.25, 0.3) is 0 Å². The first-order chi connectivity index (χ1) is 10.0. The van der Waals surface area contributed by atoms with Gasteiger partial charge in [0.05, 0.1) is 6.07 Å². The summed E-state index contributed by atoms with van der Waals surface area (Å²) >= 11 is 5.28. The number of thiocarbonyl (C=S) groups is 1. The lowest BCUT2D eigenvalue weighted by Crippen LogP contribution is -2.38. The van der Waals surface area contributed by atoms with E-state index in [0.717, 1.165) is 42.7 Å². The predicted molar refractivity (Wildman–Crippen MR) is 87.1 cm³/mol. The number of hydrogen-bond acceptors (Lipinski definition) is 3. The van der Waals surface area contributed by atoms with Crippen molar-refractivity contribution in [3.8, 4) is 6.07 Å². The Labute approximate surface area is 130 Å². The third-order valence-corrected chi connectivity index (χ3v) is 4.03. The number of likely N-dealkylation sites (tertiary alicyclic amines) is 1. The van der Waals surface area contributed by atoms with Crippen LogP contribution in [0.15, 0.2) is 18.2 Å². The molecular weight excluding hydrogens is 282 g/mol. The molecule has 1 saturated heterocycles. The molecule has 0 aromatic heterocycles. The first-order valence-corrected chi connectivity index (χ1v) is 7.50. The zero-order valence-electron chi connectivity index (χ0n) is 12.3. The van der Waals surface area contributed by atoms with Crippen molar-refractivity contribution in [2.45, 2.75) is 26.7 Å². The van der Waals surface area contributed by atoms with Gasteiger partial charge in [-0.1, -0.05) is 29.9 Å². The van der Waals surface area contributed by atoms with Crippen LogP contribution in [0.2, 0.25) is 0 Å². The molecule has 110 valence electrons. The lowest BCUT2D eigenvalue weighted by Gasteiger charge is -2.20. The number of nitriles is 1. The maximum absolute atomic E-state index is 12.3. The first-order valence-electron chi connectivity index (χ1n) is 7.09. The molecule has 4 nitrogen and oxygen atoms in total. The van der Waals surface area contributed by atoms with E-state index in [1.807, 2.05) is 38.1 Å². The number of amides is 1. The van der Waals surface area contributed by atoms with Crippen LogP contribution < -0.4 is 5.32 Å². The van der Waals surface area contributed by atoms with Crippen LogP contribution in [-0.4, -0.2) is 28.9 Å². The number of rotatable bonds is 3. The zero-order chi connectivity index (χ0) is 15.4. The van der Waals surface area contributed by atoms with Gasteiger partial charge in [-0.15, -0.1) is 0 Å². The third-order valence-electron chi connectivity index (χ3n) is 3.70. The molecule has 1 atom stereocenters. The number of nitrogens with one attached hydrogen (secondary N) is 1. The second kappa shape index (κ2) is 6.68. The lowest BCUT2D eigenvalue weighted by molar-refractivity contribution is -0.130. The van der Waals surface area contributed by atoms with Crippen molar-refractivity contribution in [2.24, 2.45) is 5.92 Å². The minimum atomic E-state index is -0.904. The van der Waals surface area contributed by atoms with Crippen LogP contribution in [0.25, 0.3) is 0 Å². The quantitative estimate of drug-likeness (QED) is 0.872. The Bertz CT molecular complexity index is 600. The maximum atomic E-state index is 12.3. The summed E-state index contributed by atoms with van der Waals surface area (Å²) in [5.74, 6) is -1.09. The molecule has 0 spiro atoms. The molecule has 0 saturated carbocycles. The van der Waals surface area contributed by atoms with E-state index in [-0.39, 0.29) is 10.9 Å². The van der Waals surface area contributed by atoms with Crippen molar-refractivity contribution in [1.82, 2.24) is 4.90 Å². The minimum Gasteiger partial charge on any atom is -0.348 e. The zero-order valence-corrected chi connectivity index (χ0v) is 13.2. The van der Waals surface area contributed by atoms with Crippen molar-refractivity contribution in [1.29, 1.82) is 5.26 Å². The molecule has 0 unspecified atom stereocenters. The summed E-state index contributed by atoms with van der Waals surface area (Å²) in [6, 6.07) is 7.97. The Balaban J connectivity index is 2.10. The topological polar surface area (TPSA) is 56.1 Å². The molecule has 0 aliphatic carbocycles. The first kappa shape index (κ1) is 15.5. The molecule has 1 heterocycles. The molecule has 1 fully saturated rings. The Kier molecular flexibility index (Phi) is 4.92. The van der Waals surface area contributed by atoms with Gasteiger partial charge < -0.3 is 10.2 Å². The van der Waals surface area contributed by atoms with E-state index in [1.54, 1.807) is 4.90 Å². The average Bonchev–Trinajstić information content (AvgIpc) is 2.96. The summed E-state index contributed by atoms with van der Waals surface area (Å²) in [6.45, 7) is 5.44. The highest BCUT2D eigenvalue weighted by molar-refractivity contribution is 7.80. The van der Waals surface area contributed by atoms with Gasteiger partial charge in [0, 0.05) is 18.8 Å². The van der Waals surface area contributed by atoms with Crippen LogP contribution >= 0.6 is 12.2 Å². The third kappa shape index (κ3) is 3.59. The Morgan fingerprint density at radius 1 is 1.38 bits per heavy atom. The summed E-state index contributed by atoms with van der Waals surface area (Å²) in [7, 11) is 0. The number of carbonyl (C=O) groups excluding carboxylic acids is 1. The monoisotopic (exact) mass is 301 g/mol. The largest absolute Gasteiger partial charge is 0.348 e. The minimum absolute atomic E-state index is 0.183. The van der Waals surface area contributed by atoms with E-state index < -0.39 is 5.92 Å². The van der Waals surface area contributed by atoms with Gasteiger partial charge in [0.15, 0.2) is 5.92 Å². The van der Waals surface area contributed by atoms with Gasteiger partial charge >= 0.3 is 0 Å². The number of carbonyl (C=O) groups is 1. The highest BCUT2D eigenvalue weighted by Gasteiger charge is 2.29. The van der Waals surface area contributed by atoms with Gasteiger partial charge in [-0.3, -0.25) is 4.79 Å². The van der Waals surface area contributed by atoms with Crippen molar-refractivity contribution >= 4 is 28.8 Å². The van der Waals surface area contributed by atoms with Gasteiger partial charge in [-0.05, 0) is 38.3 Å². The molecule has 1 aromatic rings. The molecule has 1 aliphatic heterocycles. The summed E-state index contributed by atoms with van der Waals surface area (Å²) < 4.78 is 0. The van der Waals surface area contributed by atoms with E-state index in [1.165, 1.54) is 0 Å². The molecule has 1 aromatic carbocycles. The van der Waals surface area contributed by atoms with Gasteiger partial charge in [-0.2, -0.15) is 5.26 Å². The molecule has 2 rings (SSSR count). The van der Waals surface area contributed by atoms with Crippen LogP contribution in [0.4, 0.5) is 5.69 Å². The molecule has 1 N–H and O–H groups in total. The molecule has 1 aliphatic rings. The van der Waals surface area contributed by atoms with Crippen LogP contribution in [0, 0.1) is 31.1 Å². The highest BCUT2D eigenvalue weighted by atomic mass is 32.1. The van der Waals surface area contributed by atoms with Crippen LogP contribution in [0.5, 0.6) is 0 Å². The van der Waals surface area contributed by atoms with E-state index in [2.05, 4.69) is 5.32 Å². The van der Waals surface area contributed by atoms with Crippen LogP contribution in [0.3, 0.4) is 0 Å². The van der Waals surface area contributed by atoms with Gasteiger partial charge in [-0.25, -0.2) is 0 Å². The molecular formula is C16H19N3OS. The number of anilines is 1. The van der Waals surface area contributed by atoms with E-state index >= 15 is 0 Å². The smallest absolute Gasteiger partial charge is 0.246 e. The van der Waals surface area contributed by atoms with Crippen molar-refractivity contribution in [3.05, 3.63) is 29.3 Å². The fourth-order valence-electron chi connectivity index (χ4n) is 2.50. The number of nitrogens with zero attached hydrogens (tertiary/aromatic N) is 2. The standard InChI is InChI=1S/C16H19N3OS/c1-11-5-6-14(12(2)9-11)18-15(21)13(10-17)16(20)19-7-3-4-8-19/h5-6,9,13H,3-4,7-8H2,1-2H3,(H,18,21)/t13-/m1/s1. The Morgan fingerprint density at radius 2 is 2.05 bits per heavy atom. The molecule has 21 heavy (non-hydrogen) atoms. The average molecular weight is 301 g/mol. The highest BCUT2D eigenvalue weighted by Crippen LogP contribution is 2.19. The van der Waals surface area contributed by atoms with E-state index in [0.29, 0.717) is 0 Å². The fraction of sp³-hybridized carbons (Fsp3) is 0.438. The Hall–Kier alpha value is -1.93. The SMILES string of the molecule is Cc1ccc(NC(=S)[C@@H](C#N)C(=O)N2CCCC2)c(C)c1. The Morgan fingerprint density at radius 3 is 2.62 bits per heavy atom. The van der Waals surface area contributed by atoms with E-state index in [4.69, 9.17) is 12.2 Å². The normalized spacial score (nSPS) is 15.4. The van der Waals surface area contributed by atoms with E-state index in [9.17, 15) is 10.1 Å². The van der Waals surface area contributed by atoms with Crippen molar-refractivity contribution < 1.29 is 4.79 Å². The second-order valence-electron chi connectivity index (χ2n) is 5.40. The summed E-state index contributed by atoms with van der Waals surface area (Å²) in [6.07, 6.45) is 2.00. The van der Waals surface area contributed by atoms with Gasteiger partial charge in [0.1, 0.15) is 4.99 Å². The number of benzene rings is 1. The van der Waals surface area contributed by atoms with Crippen LogP contribution in [0.1, 0.15) is 24.0 Å².